The molecule has 0 amide bonds. The van der Waals surface area contributed by atoms with Crippen LogP contribution in [0, 0.1) is 6.92 Å². The van der Waals surface area contributed by atoms with E-state index in [1.807, 2.05) is 13.0 Å². The number of nitrogens with zero attached hydrogens (tertiary/aromatic N) is 3. The third kappa shape index (κ3) is 2.15. The first-order valence-corrected chi connectivity index (χ1v) is 8.66. The number of nitrogens with two attached hydrogens (primary N) is 1. The number of rotatable bonds is 3. The number of ether oxygens (including phenoxy) is 1. The summed E-state index contributed by atoms with van der Waals surface area (Å²) in [5.41, 5.74) is 7.54. The first-order valence-electron chi connectivity index (χ1n) is 6.19. The highest BCUT2D eigenvalue weighted by molar-refractivity contribution is 7.21. The van der Waals surface area contributed by atoms with Crippen molar-refractivity contribution >= 4 is 59.5 Å². The Kier molecular flexibility index (Phi) is 3.02. The second kappa shape index (κ2) is 4.90. The molecule has 0 radical (unpaired) electrons. The Labute approximate surface area is 132 Å². The summed E-state index contributed by atoms with van der Waals surface area (Å²) in [5.74, 6) is 0.842. The summed E-state index contributed by atoms with van der Waals surface area (Å²) >= 11 is 4.54. The van der Waals surface area contributed by atoms with Crippen LogP contribution in [0.4, 0.5) is 5.00 Å². The Morgan fingerprint density at radius 2 is 2.29 bits per heavy atom. The zero-order chi connectivity index (χ0) is 14.4. The minimum Gasteiger partial charge on any atom is -0.486 e. The smallest absolute Gasteiger partial charge is 0.136 e. The molecule has 8 heteroatoms. The molecule has 0 atom stereocenters. The Hall–Kier alpha value is -1.77. The van der Waals surface area contributed by atoms with E-state index in [0.29, 0.717) is 17.3 Å². The fourth-order valence-corrected chi connectivity index (χ4v) is 4.43. The van der Waals surface area contributed by atoms with Gasteiger partial charge in [-0.2, -0.15) is 0 Å². The van der Waals surface area contributed by atoms with Gasteiger partial charge in [0.1, 0.15) is 23.1 Å². The number of nitrogen functional groups attached to an aromatic ring is 1. The van der Waals surface area contributed by atoms with Gasteiger partial charge in [0.25, 0.3) is 0 Å². The van der Waals surface area contributed by atoms with Crippen LogP contribution in [0.25, 0.3) is 20.3 Å². The fraction of sp³-hybridized carbons (Fsp3) is 0.154. The summed E-state index contributed by atoms with van der Waals surface area (Å²) in [7, 11) is 0. The molecule has 0 spiro atoms. The highest BCUT2D eigenvalue weighted by Crippen LogP contribution is 2.39. The van der Waals surface area contributed by atoms with Crippen LogP contribution in [0.5, 0.6) is 5.75 Å². The third-order valence-corrected chi connectivity index (χ3v) is 5.55. The molecular weight excluding hydrogens is 324 g/mol. The van der Waals surface area contributed by atoms with Gasteiger partial charge in [0.05, 0.1) is 19.9 Å². The van der Waals surface area contributed by atoms with Gasteiger partial charge in [0.15, 0.2) is 0 Å². The quantitative estimate of drug-likeness (QED) is 0.616. The molecule has 106 valence electrons. The molecule has 1 aromatic carbocycles. The van der Waals surface area contributed by atoms with Crippen LogP contribution in [0.15, 0.2) is 17.5 Å². The molecule has 3 aromatic heterocycles. The molecule has 0 aliphatic heterocycles. The van der Waals surface area contributed by atoms with Gasteiger partial charge >= 0.3 is 0 Å². The highest BCUT2D eigenvalue weighted by atomic mass is 32.1. The van der Waals surface area contributed by atoms with E-state index in [1.165, 1.54) is 11.5 Å². The maximum absolute atomic E-state index is 5.93. The number of thiophene rings is 1. The topological polar surface area (TPSA) is 73.9 Å². The van der Waals surface area contributed by atoms with Gasteiger partial charge in [0.2, 0.25) is 0 Å². The van der Waals surface area contributed by atoms with E-state index in [9.17, 15) is 0 Å². The van der Waals surface area contributed by atoms with Crippen LogP contribution in [-0.2, 0) is 6.61 Å². The summed E-state index contributed by atoms with van der Waals surface area (Å²) in [6.07, 6.45) is 0. The summed E-state index contributed by atoms with van der Waals surface area (Å²) < 4.78 is 12.1. The number of benzene rings is 1. The Balaban J connectivity index is 1.79. The van der Waals surface area contributed by atoms with Crippen molar-refractivity contribution < 1.29 is 4.74 Å². The van der Waals surface area contributed by atoms with E-state index >= 15 is 0 Å². The first kappa shape index (κ1) is 12.9. The van der Waals surface area contributed by atoms with Gasteiger partial charge in [-0.05, 0) is 18.4 Å². The van der Waals surface area contributed by atoms with Crippen LogP contribution < -0.4 is 10.5 Å². The van der Waals surface area contributed by atoms with Crippen LogP contribution in [0.3, 0.4) is 0 Å². The third-order valence-electron chi connectivity index (χ3n) is 3.12. The molecule has 0 aliphatic rings. The maximum Gasteiger partial charge on any atom is 0.136 e. The van der Waals surface area contributed by atoms with E-state index in [2.05, 4.69) is 26.0 Å². The van der Waals surface area contributed by atoms with Crippen molar-refractivity contribution in [2.24, 2.45) is 0 Å². The lowest BCUT2D eigenvalue weighted by molar-refractivity contribution is 0.306. The second-order valence-electron chi connectivity index (χ2n) is 4.49. The van der Waals surface area contributed by atoms with Gasteiger partial charge in [-0.1, -0.05) is 4.49 Å². The first-order chi connectivity index (χ1) is 10.2. The molecule has 4 rings (SSSR count). The molecule has 3 heterocycles. The number of hydrogen-bond donors (Lipinski definition) is 1. The molecule has 4 aromatic rings. The van der Waals surface area contributed by atoms with Crippen molar-refractivity contribution in [2.75, 3.05) is 5.73 Å². The average molecular weight is 334 g/mol. The monoisotopic (exact) mass is 334 g/mol. The fourth-order valence-electron chi connectivity index (χ4n) is 2.17. The summed E-state index contributed by atoms with van der Waals surface area (Å²) in [6, 6.07) is 4.11. The SMILES string of the molecule is Cc1nc2c(cc(OCc3nnsc3N)c3ccsc32)s1. The number of aryl methyl sites for hydroxylation is 1. The van der Waals surface area contributed by atoms with Gasteiger partial charge in [-0.3, -0.25) is 0 Å². The second-order valence-corrected chi connectivity index (χ2v) is 7.43. The predicted molar refractivity (Wildman–Crippen MR) is 88.4 cm³/mol. The van der Waals surface area contributed by atoms with E-state index in [1.54, 1.807) is 22.7 Å². The molecule has 5 nitrogen and oxygen atoms in total. The highest BCUT2D eigenvalue weighted by Gasteiger charge is 2.13. The minimum absolute atomic E-state index is 0.330. The standard InChI is InChI=1S/C13H10N4OS3/c1-6-15-11-10(20-6)4-9(7-2-3-19-12(7)11)18-5-8-13(14)21-17-16-8/h2-4H,5,14H2,1H3. The zero-order valence-corrected chi connectivity index (χ0v) is 13.4. The Morgan fingerprint density at radius 1 is 1.38 bits per heavy atom. The number of hydrogen-bond acceptors (Lipinski definition) is 8. The minimum atomic E-state index is 0.330. The summed E-state index contributed by atoms with van der Waals surface area (Å²) in [6.45, 7) is 2.35. The maximum atomic E-state index is 5.93. The predicted octanol–water partition coefficient (Wildman–Crippen LogP) is 3.83. The van der Waals surface area contributed by atoms with Crippen molar-refractivity contribution in [3.8, 4) is 5.75 Å². The van der Waals surface area contributed by atoms with Gasteiger partial charge in [0, 0.05) is 23.0 Å². The van der Waals surface area contributed by atoms with Crippen molar-refractivity contribution in [3.63, 3.8) is 0 Å². The average Bonchev–Trinajstić information content (AvgIpc) is 3.14. The summed E-state index contributed by atoms with van der Waals surface area (Å²) in [5, 5.41) is 8.78. The van der Waals surface area contributed by atoms with Crippen molar-refractivity contribution in [3.05, 3.63) is 28.2 Å². The van der Waals surface area contributed by atoms with E-state index in [-0.39, 0.29) is 0 Å². The lowest BCUT2D eigenvalue weighted by Crippen LogP contribution is -1.99. The molecule has 0 fully saturated rings. The number of aromatic nitrogens is 3. The van der Waals surface area contributed by atoms with Crippen molar-refractivity contribution in [2.45, 2.75) is 13.5 Å². The molecule has 0 saturated carbocycles. The normalized spacial score (nSPS) is 11.5. The van der Waals surface area contributed by atoms with E-state index in [4.69, 9.17) is 10.5 Å². The summed E-state index contributed by atoms with van der Waals surface area (Å²) in [4.78, 5) is 4.61. The molecule has 0 unspecified atom stereocenters. The Morgan fingerprint density at radius 3 is 3.10 bits per heavy atom. The molecule has 21 heavy (non-hydrogen) atoms. The molecule has 0 saturated heterocycles. The zero-order valence-electron chi connectivity index (χ0n) is 11.0. The number of anilines is 1. The lowest BCUT2D eigenvalue weighted by atomic mass is 10.2. The van der Waals surface area contributed by atoms with Crippen LogP contribution in [0.1, 0.15) is 10.7 Å². The van der Waals surface area contributed by atoms with Crippen LogP contribution >= 0.6 is 34.2 Å². The number of thiazole rings is 1. The van der Waals surface area contributed by atoms with Crippen molar-refractivity contribution in [1.82, 2.24) is 14.6 Å². The van der Waals surface area contributed by atoms with E-state index in [0.717, 1.165) is 31.1 Å². The molecule has 0 aliphatic carbocycles. The largest absolute Gasteiger partial charge is 0.486 e. The van der Waals surface area contributed by atoms with E-state index < -0.39 is 0 Å². The molecule has 2 N–H and O–H groups in total. The lowest BCUT2D eigenvalue weighted by Gasteiger charge is -2.06. The van der Waals surface area contributed by atoms with Crippen LogP contribution in [0.2, 0.25) is 0 Å². The van der Waals surface area contributed by atoms with Gasteiger partial charge < -0.3 is 10.5 Å². The van der Waals surface area contributed by atoms with Crippen LogP contribution in [-0.4, -0.2) is 14.6 Å². The van der Waals surface area contributed by atoms with Gasteiger partial charge in [-0.15, -0.1) is 27.8 Å². The molecule has 0 bridgehead atoms. The van der Waals surface area contributed by atoms with Gasteiger partial charge in [-0.25, -0.2) is 4.98 Å². The molecular formula is C13H10N4OS3. The van der Waals surface area contributed by atoms with Crippen molar-refractivity contribution in [1.29, 1.82) is 0 Å². The Bertz CT molecular complexity index is 940. The number of fused-ring (bicyclic) bond motifs is 3.